The lowest BCUT2D eigenvalue weighted by molar-refractivity contribution is -0.278. The Morgan fingerprint density at radius 2 is 1.78 bits per heavy atom. The van der Waals surface area contributed by atoms with E-state index in [1.807, 2.05) is 6.92 Å². The first kappa shape index (κ1) is 29.3. The van der Waals surface area contributed by atoms with Crippen molar-refractivity contribution >= 4 is 17.9 Å². The minimum absolute atomic E-state index is 0.0111. The van der Waals surface area contributed by atoms with Crippen molar-refractivity contribution in [1.82, 2.24) is 0 Å². The highest BCUT2D eigenvalue weighted by molar-refractivity contribution is 5.95. The second-order valence-corrected chi connectivity index (χ2v) is 16.1. The molecule has 0 aromatic carbocycles. The van der Waals surface area contributed by atoms with Crippen LogP contribution in [0.1, 0.15) is 47.0 Å². The third-order valence-electron chi connectivity index (χ3n) is 14.5. The molecule has 6 saturated carbocycles. The molecule has 0 bridgehead atoms. The van der Waals surface area contributed by atoms with Crippen molar-refractivity contribution in [2.24, 2.45) is 58.2 Å². The maximum atomic E-state index is 13.8. The fourth-order valence-electron chi connectivity index (χ4n) is 12.5. The van der Waals surface area contributed by atoms with E-state index >= 15 is 0 Å². The monoisotopic (exact) mass is 636 g/mol. The van der Waals surface area contributed by atoms with Gasteiger partial charge in [0.15, 0.2) is 0 Å². The summed E-state index contributed by atoms with van der Waals surface area (Å²) in [6, 6.07) is 0. The summed E-state index contributed by atoms with van der Waals surface area (Å²) in [5.74, 6) is -6.35. The third-order valence-corrected chi connectivity index (χ3v) is 14.5. The standard InChI is InChI=1S/C35H40O11/c1-13(10-36)5-24(38)44-12-33(42)21-8-20(21)31(3)22(33)9-19-17(11-37)29(40)45-34(19)23(31)7-16-15-6-18(15)32(4)26(16)27(34)25-14(2)28(39)46-35(25,43)30(32)41/h5,7,15,18,20-23,26-27,30,36-37,41-43H,6,8-12H2,1-4H3/b13-5+/t15-,18-,20-,21+,22-,23+,26+,27+,30-,31+,32+,33+,34+,35+/m1/s1. The van der Waals surface area contributed by atoms with Crippen LogP contribution in [-0.4, -0.2) is 86.4 Å². The van der Waals surface area contributed by atoms with Crippen molar-refractivity contribution in [2.45, 2.75) is 70.1 Å². The van der Waals surface area contributed by atoms with Crippen LogP contribution in [0, 0.1) is 58.2 Å². The normalized spacial score (nSPS) is 53.3. The van der Waals surface area contributed by atoms with Crippen LogP contribution >= 0.6 is 0 Å². The number of carbonyl (C=O) groups is 3. The summed E-state index contributed by atoms with van der Waals surface area (Å²) in [6.45, 7) is 6.10. The number of hydrogen-bond donors (Lipinski definition) is 5. The van der Waals surface area contributed by atoms with Crippen molar-refractivity contribution in [3.63, 3.8) is 0 Å². The molecule has 46 heavy (non-hydrogen) atoms. The minimum Gasteiger partial charge on any atom is -0.459 e. The summed E-state index contributed by atoms with van der Waals surface area (Å²) in [5, 5.41) is 56.5. The van der Waals surface area contributed by atoms with Crippen LogP contribution in [0.2, 0.25) is 0 Å². The number of aliphatic hydroxyl groups is 5. The Kier molecular flexibility index (Phi) is 5.36. The van der Waals surface area contributed by atoms with E-state index in [4.69, 9.17) is 14.2 Å². The number of carbonyl (C=O) groups excluding carboxylic acids is 3. The number of aliphatic hydroxyl groups excluding tert-OH is 3. The molecule has 0 aromatic heterocycles. The van der Waals surface area contributed by atoms with Gasteiger partial charge in [0.1, 0.15) is 23.9 Å². The fraction of sp³-hybridized carbons (Fsp3) is 0.686. The van der Waals surface area contributed by atoms with Gasteiger partial charge in [-0.25, -0.2) is 14.4 Å². The molecule has 1 spiro atoms. The van der Waals surface area contributed by atoms with Gasteiger partial charge in [0.2, 0.25) is 0 Å². The summed E-state index contributed by atoms with van der Waals surface area (Å²) < 4.78 is 17.8. The predicted octanol–water partition coefficient (Wildman–Crippen LogP) is 0.841. The van der Waals surface area contributed by atoms with Crippen LogP contribution in [0.3, 0.4) is 0 Å². The van der Waals surface area contributed by atoms with E-state index in [0.717, 1.165) is 12.0 Å². The number of allylic oxidation sites excluding steroid dienone is 1. The molecule has 0 radical (unpaired) electrons. The van der Waals surface area contributed by atoms with E-state index in [1.54, 1.807) is 13.8 Å². The molecule has 0 saturated heterocycles. The van der Waals surface area contributed by atoms with Gasteiger partial charge in [0, 0.05) is 40.4 Å². The Morgan fingerprint density at radius 3 is 2.48 bits per heavy atom. The molecule has 2 aliphatic heterocycles. The number of rotatable bonds is 5. The van der Waals surface area contributed by atoms with Crippen LogP contribution in [0.4, 0.5) is 0 Å². The molecule has 14 atom stereocenters. The van der Waals surface area contributed by atoms with Gasteiger partial charge in [0.25, 0.3) is 5.79 Å². The van der Waals surface area contributed by atoms with Gasteiger partial charge in [-0.15, -0.1) is 0 Å². The van der Waals surface area contributed by atoms with Crippen LogP contribution in [0.15, 0.2) is 45.6 Å². The molecule has 0 aromatic rings. The Hall–Kier alpha value is -2.83. The zero-order chi connectivity index (χ0) is 32.7. The zero-order valence-corrected chi connectivity index (χ0v) is 26.3. The Morgan fingerprint density at radius 1 is 1.04 bits per heavy atom. The van der Waals surface area contributed by atoms with Gasteiger partial charge < -0.3 is 39.7 Å². The van der Waals surface area contributed by atoms with Crippen molar-refractivity contribution in [3.8, 4) is 0 Å². The summed E-state index contributed by atoms with van der Waals surface area (Å²) >= 11 is 0. The fourth-order valence-corrected chi connectivity index (χ4v) is 12.5. The van der Waals surface area contributed by atoms with E-state index < -0.39 is 76.2 Å². The Bertz CT molecular complexity index is 1690. The molecule has 5 N–H and O–H groups in total. The predicted molar refractivity (Wildman–Crippen MR) is 156 cm³/mol. The van der Waals surface area contributed by atoms with E-state index in [2.05, 4.69) is 13.0 Å². The van der Waals surface area contributed by atoms with Crippen LogP contribution in [-0.2, 0) is 28.6 Å². The number of ether oxygens (including phenoxy) is 3. The molecule has 9 aliphatic rings. The number of esters is 3. The highest BCUT2D eigenvalue weighted by atomic mass is 16.7. The molecule has 11 heteroatoms. The zero-order valence-electron chi connectivity index (χ0n) is 26.3. The molecular formula is C35H40O11. The molecule has 0 unspecified atom stereocenters. The highest BCUT2D eigenvalue weighted by Crippen LogP contribution is 2.84. The smallest absolute Gasteiger partial charge is 0.337 e. The lowest BCUT2D eigenvalue weighted by Gasteiger charge is -2.65. The minimum atomic E-state index is -2.29. The van der Waals surface area contributed by atoms with Crippen LogP contribution in [0.25, 0.3) is 0 Å². The second-order valence-electron chi connectivity index (χ2n) is 16.1. The van der Waals surface area contributed by atoms with Gasteiger partial charge >= 0.3 is 17.9 Å². The summed E-state index contributed by atoms with van der Waals surface area (Å²) in [4.78, 5) is 39.6. The molecule has 2 heterocycles. The Labute approximate surface area is 265 Å². The van der Waals surface area contributed by atoms with Crippen molar-refractivity contribution in [2.75, 3.05) is 19.8 Å². The first-order valence-corrected chi connectivity index (χ1v) is 16.5. The first-order chi connectivity index (χ1) is 21.6. The second kappa shape index (κ2) is 8.41. The summed E-state index contributed by atoms with van der Waals surface area (Å²) in [7, 11) is 0. The number of fused-ring (bicyclic) bond motifs is 9. The lowest BCUT2D eigenvalue weighted by Crippen LogP contribution is -2.71. The highest BCUT2D eigenvalue weighted by Gasteiger charge is 2.86. The summed E-state index contributed by atoms with van der Waals surface area (Å²) in [6.07, 6.45) is 3.73. The van der Waals surface area contributed by atoms with E-state index in [-0.39, 0.29) is 65.9 Å². The maximum absolute atomic E-state index is 13.8. The first-order valence-electron chi connectivity index (χ1n) is 16.5. The molecule has 246 valence electrons. The largest absolute Gasteiger partial charge is 0.459 e. The van der Waals surface area contributed by atoms with Gasteiger partial charge in [-0.2, -0.15) is 0 Å². The molecule has 7 aliphatic carbocycles. The summed E-state index contributed by atoms with van der Waals surface area (Å²) in [5.41, 5.74) is -1.68. The van der Waals surface area contributed by atoms with E-state index in [1.165, 1.54) is 6.08 Å². The topological polar surface area (TPSA) is 180 Å². The quantitative estimate of drug-likeness (QED) is 0.125. The van der Waals surface area contributed by atoms with Gasteiger partial charge in [-0.3, -0.25) is 0 Å². The van der Waals surface area contributed by atoms with Gasteiger partial charge in [-0.05, 0) is 79.3 Å². The van der Waals surface area contributed by atoms with Crippen molar-refractivity contribution in [3.05, 3.63) is 45.6 Å². The van der Waals surface area contributed by atoms with E-state index in [9.17, 15) is 39.9 Å². The Balaban J connectivity index is 1.25. The molecule has 11 nitrogen and oxygen atoms in total. The van der Waals surface area contributed by atoms with Gasteiger partial charge in [-0.1, -0.05) is 25.5 Å². The average Bonchev–Trinajstić information content (AvgIpc) is 3.91. The lowest BCUT2D eigenvalue weighted by atomic mass is 9.41. The van der Waals surface area contributed by atoms with Gasteiger partial charge in [0.05, 0.1) is 18.8 Å². The number of hydrogen-bond acceptors (Lipinski definition) is 11. The van der Waals surface area contributed by atoms with Crippen molar-refractivity contribution in [1.29, 1.82) is 0 Å². The van der Waals surface area contributed by atoms with Crippen LogP contribution in [0.5, 0.6) is 0 Å². The van der Waals surface area contributed by atoms with E-state index in [0.29, 0.717) is 17.6 Å². The third kappa shape index (κ3) is 2.91. The molecular weight excluding hydrogens is 596 g/mol. The average molecular weight is 637 g/mol. The van der Waals surface area contributed by atoms with Crippen molar-refractivity contribution < 1.29 is 54.1 Å². The molecule has 0 amide bonds. The molecule has 6 fully saturated rings. The van der Waals surface area contributed by atoms with Crippen LogP contribution < -0.4 is 0 Å². The molecule has 9 rings (SSSR count). The SMILES string of the molecule is CC1=C2[C@H]3[C@@H]4C(=C[C@@H]5[C@]36OC(=O)C(CO)=C6C[C@H]3[C@](O)(COC(=O)/C=C(\C)CO)[C@H]6C[C@H]6[C@]53C)[C@H]3C[C@H]3[C@]4(C)[C@@H](O)[C@@]2(O)OC1=O. The maximum Gasteiger partial charge on any atom is 0.337 e.